The van der Waals surface area contributed by atoms with Gasteiger partial charge in [-0.25, -0.2) is 0 Å². The Morgan fingerprint density at radius 1 is 1.33 bits per heavy atom. The molecule has 2 unspecified atom stereocenters. The van der Waals surface area contributed by atoms with Crippen molar-refractivity contribution in [1.82, 2.24) is 4.90 Å². The summed E-state index contributed by atoms with van der Waals surface area (Å²) in [6.45, 7) is 2.63. The molecule has 1 saturated heterocycles. The average Bonchev–Trinajstić information content (AvgIpc) is 3.12. The van der Waals surface area contributed by atoms with Crippen LogP contribution < -0.4 is 5.73 Å². The van der Waals surface area contributed by atoms with E-state index in [0.29, 0.717) is 12.1 Å². The predicted octanol–water partition coefficient (Wildman–Crippen LogP) is 1.72. The quantitative estimate of drug-likeness (QED) is 0.900. The van der Waals surface area contributed by atoms with Crippen molar-refractivity contribution in [3.05, 3.63) is 35.4 Å². The van der Waals surface area contributed by atoms with Gasteiger partial charge in [-0.3, -0.25) is 4.99 Å². The van der Waals surface area contributed by atoms with Gasteiger partial charge in [-0.15, -0.1) is 0 Å². The Kier molecular flexibility index (Phi) is 3.14. The van der Waals surface area contributed by atoms with Gasteiger partial charge in [-0.2, -0.15) is 0 Å². The zero-order valence-electron chi connectivity index (χ0n) is 12.4. The van der Waals surface area contributed by atoms with Gasteiger partial charge >= 0.3 is 0 Å². The van der Waals surface area contributed by atoms with Crippen LogP contribution in [0.15, 0.2) is 29.3 Å². The van der Waals surface area contributed by atoms with Crippen LogP contribution >= 0.6 is 0 Å². The van der Waals surface area contributed by atoms with Gasteiger partial charge in [0.25, 0.3) is 0 Å². The Hall–Kier alpha value is -1.55. The summed E-state index contributed by atoms with van der Waals surface area (Å²) in [7, 11) is 0. The maximum atomic E-state index is 6.20. The van der Waals surface area contributed by atoms with E-state index in [-0.39, 0.29) is 5.54 Å². The highest BCUT2D eigenvalue weighted by atomic mass is 16.5. The van der Waals surface area contributed by atoms with E-state index in [4.69, 9.17) is 10.5 Å². The van der Waals surface area contributed by atoms with Crippen LogP contribution in [0.5, 0.6) is 0 Å². The lowest BCUT2D eigenvalue weighted by Gasteiger charge is -2.43. The number of hydrogen-bond donors (Lipinski definition) is 1. The van der Waals surface area contributed by atoms with Gasteiger partial charge in [0.2, 0.25) is 0 Å². The number of ether oxygens (including phenoxy) is 1. The van der Waals surface area contributed by atoms with Crippen molar-refractivity contribution in [2.75, 3.05) is 19.7 Å². The Morgan fingerprint density at radius 3 is 3.00 bits per heavy atom. The molecule has 1 aromatic carbocycles. The Morgan fingerprint density at radius 2 is 2.19 bits per heavy atom. The summed E-state index contributed by atoms with van der Waals surface area (Å²) >= 11 is 0. The van der Waals surface area contributed by atoms with E-state index in [1.165, 1.54) is 17.5 Å². The summed E-state index contributed by atoms with van der Waals surface area (Å²) in [6, 6.07) is 8.79. The molecule has 1 spiro atoms. The first-order valence-corrected chi connectivity index (χ1v) is 8.03. The summed E-state index contributed by atoms with van der Waals surface area (Å²) < 4.78 is 5.81. The van der Waals surface area contributed by atoms with Gasteiger partial charge in [-0.1, -0.05) is 24.3 Å². The number of fused-ring (bicyclic) bond motifs is 1. The number of hydrogen-bond acceptors (Lipinski definition) is 4. The monoisotopic (exact) mass is 285 g/mol. The van der Waals surface area contributed by atoms with Gasteiger partial charge < -0.3 is 15.4 Å². The predicted molar refractivity (Wildman–Crippen MR) is 83.4 cm³/mol. The largest absolute Gasteiger partial charge is 0.376 e. The second-order valence-electron chi connectivity index (χ2n) is 6.59. The molecule has 2 N–H and O–H groups in total. The highest BCUT2D eigenvalue weighted by Gasteiger charge is 2.45. The molecule has 0 saturated carbocycles. The molecule has 4 heteroatoms. The smallest absolute Gasteiger partial charge is 0.191 e. The number of guanidine groups is 1. The summed E-state index contributed by atoms with van der Waals surface area (Å²) in [5, 5.41) is 0. The Bertz CT molecular complexity index is 565. The first kappa shape index (κ1) is 13.1. The fraction of sp³-hybridized carbons (Fsp3) is 0.588. The average molecular weight is 285 g/mol. The number of aryl methyl sites for hydroxylation is 1. The SMILES string of the molecule is NC1=NCC2(CCc3ccccc3C2)N1CC1CCCO1. The normalized spacial score (nSPS) is 31.5. The molecule has 4 rings (SSSR count). The lowest BCUT2D eigenvalue weighted by Crippen LogP contribution is -2.56. The summed E-state index contributed by atoms with van der Waals surface area (Å²) in [6.07, 6.45) is 5.97. The van der Waals surface area contributed by atoms with E-state index < -0.39 is 0 Å². The van der Waals surface area contributed by atoms with Crippen LogP contribution in [0, 0.1) is 0 Å². The summed E-state index contributed by atoms with van der Waals surface area (Å²) in [5.74, 6) is 0.713. The summed E-state index contributed by atoms with van der Waals surface area (Å²) in [5.41, 5.74) is 9.25. The molecule has 0 radical (unpaired) electrons. The van der Waals surface area contributed by atoms with Crippen molar-refractivity contribution >= 4 is 5.96 Å². The van der Waals surface area contributed by atoms with E-state index in [0.717, 1.165) is 45.4 Å². The third-order valence-corrected chi connectivity index (χ3v) is 5.29. The first-order valence-electron chi connectivity index (χ1n) is 8.03. The van der Waals surface area contributed by atoms with Crippen molar-refractivity contribution in [2.24, 2.45) is 10.7 Å². The fourth-order valence-corrected chi connectivity index (χ4v) is 4.07. The lowest BCUT2D eigenvalue weighted by molar-refractivity contribution is 0.0610. The van der Waals surface area contributed by atoms with Crippen molar-refractivity contribution in [2.45, 2.75) is 43.7 Å². The molecular formula is C17H23N3O. The van der Waals surface area contributed by atoms with Crippen LogP contribution in [-0.4, -0.2) is 42.2 Å². The number of nitrogens with two attached hydrogens (primary N) is 1. The highest BCUT2D eigenvalue weighted by molar-refractivity contribution is 5.81. The molecule has 0 amide bonds. The molecular weight excluding hydrogens is 262 g/mol. The molecule has 2 atom stereocenters. The Balaban J connectivity index is 1.58. The van der Waals surface area contributed by atoms with Crippen LogP contribution in [0.1, 0.15) is 30.4 Å². The van der Waals surface area contributed by atoms with Crippen LogP contribution in [0.4, 0.5) is 0 Å². The van der Waals surface area contributed by atoms with E-state index in [9.17, 15) is 0 Å². The van der Waals surface area contributed by atoms with Crippen LogP contribution in [0.3, 0.4) is 0 Å². The van der Waals surface area contributed by atoms with Crippen molar-refractivity contribution in [3.8, 4) is 0 Å². The minimum atomic E-state index is 0.0877. The minimum Gasteiger partial charge on any atom is -0.376 e. The maximum absolute atomic E-state index is 6.20. The maximum Gasteiger partial charge on any atom is 0.191 e. The zero-order valence-corrected chi connectivity index (χ0v) is 12.4. The number of aliphatic imine (C=N–C) groups is 1. The second-order valence-corrected chi connectivity index (χ2v) is 6.59. The first-order chi connectivity index (χ1) is 10.3. The van der Waals surface area contributed by atoms with E-state index in [1.54, 1.807) is 0 Å². The van der Waals surface area contributed by atoms with Crippen LogP contribution in [-0.2, 0) is 17.6 Å². The van der Waals surface area contributed by atoms with Crippen molar-refractivity contribution in [3.63, 3.8) is 0 Å². The van der Waals surface area contributed by atoms with Crippen LogP contribution in [0.2, 0.25) is 0 Å². The van der Waals surface area contributed by atoms with Gasteiger partial charge in [0, 0.05) is 13.2 Å². The molecule has 0 aromatic heterocycles. The third kappa shape index (κ3) is 2.22. The van der Waals surface area contributed by atoms with Crippen LogP contribution in [0.25, 0.3) is 0 Å². The topological polar surface area (TPSA) is 50.8 Å². The zero-order chi connectivity index (χ0) is 14.3. The van der Waals surface area contributed by atoms with Gasteiger partial charge in [0.15, 0.2) is 5.96 Å². The second kappa shape index (κ2) is 5.02. The third-order valence-electron chi connectivity index (χ3n) is 5.29. The van der Waals surface area contributed by atoms with E-state index in [2.05, 4.69) is 34.2 Å². The van der Waals surface area contributed by atoms with Gasteiger partial charge in [-0.05, 0) is 43.2 Å². The number of rotatable bonds is 2. The minimum absolute atomic E-state index is 0.0877. The molecule has 1 fully saturated rings. The van der Waals surface area contributed by atoms with Gasteiger partial charge in [0.05, 0.1) is 18.2 Å². The standard InChI is InChI=1S/C17H23N3O/c18-16-19-12-17(20(16)11-15-6-3-9-21-15)8-7-13-4-1-2-5-14(13)10-17/h1-2,4-5,15H,3,6-12H2,(H2,18,19). The molecule has 0 bridgehead atoms. The summed E-state index contributed by atoms with van der Waals surface area (Å²) in [4.78, 5) is 6.92. The molecule has 3 aliphatic rings. The van der Waals surface area contributed by atoms with E-state index in [1.807, 2.05) is 0 Å². The molecule has 21 heavy (non-hydrogen) atoms. The molecule has 1 aromatic rings. The molecule has 2 aliphatic heterocycles. The van der Waals surface area contributed by atoms with Gasteiger partial charge in [0.1, 0.15) is 0 Å². The molecule has 2 heterocycles. The van der Waals surface area contributed by atoms with Crippen molar-refractivity contribution in [1.29, 1.82) is 0 Å². The highest BCUT2D eigenvalue weighted by Crippen LogP contribution is 2.37. The number of nitrogens with zero attached hydrogens (tertiary/aromatic N) is 2. The van der Waals surface area contributed by atoms with E-state index >= 15 is 0 Å². The Labute approximate surface area is 126 Å². The lowest BCUT2D eigenvalue weighted by atomic mass is 9.77. The molecule has 112 valence electrons. The van der Waals surface area contributed by atoms with Crippen molar-refractivity contribution < 1.29 is 4.74 Å². The molecule has 1 aliphatic carbocycles. The molecule has 4 nitrogen and oxygen atoms in total. The number of benzene rings is 1. The fourth-order valence-electron chi connectivity index (χ4n) is 4.07.